The molecule has 5 N–H and O–H groups in total. The number of H-pyrrole nitrogens is 2. The molecule has 1 heterocycles. The van der Waals surface area contributed by atoms with Gasteiger partial charge in [-0.2, -0.15) is 0 Å². The Morgan fingerprint density at radius 1 is 1.20 bits per heavy atom. The van der Waals surface area contributed by atoms with Crippen LogP contribution in [0.1, 0.15) is 5.56 Å². The maximum absolute atomic E-state index is 11.3. The number of aromatic nitrogens is 2. The highest BCUT2D eigenvalue weighted by atomic mass is 16.3. The number of nitrogens with two attached hydrogens (primary N) is 1. The molecule has 0 aliphatic carbocycles. The Morgan fingerprint density at radius 3 is 2.33 bits per heavy atom. The molecule has 0 spiro atoms. The summed E-state index contributed by atoms with van der Waals surface area (Å²) in [5.41, 5.74) is 7.00. The third-order valence-corrected chi connectivity index (χ3v) is 2.24. The first-order chi connectivity index (χ1) is 7.22. The van der Waals surface area contributed by atoms with Crippen LogP contribution in [0.4, 0.5) is 0 Å². The molecule has 5 heteroatoms. The molecular formula is C10H11N3O2. The summed E-state index contributed by atoms with van der Waals surface area (Å²) in [6.45, 7) is 0.454. The average Bonchev–Trinajstić information content (AvgIpc) is 2.59. The lowest BCUT2D eigenvalue weighted by Gasteiger charge is -1.99. The maximum Gasteiger partial charge on any atom is 0.275 e. The summed E-state index contributed by atoms with van der Waals surface area (Å²) in [6, 6.07) is 7.14. The van der Waals surface area contributed by atoms with E-state index >= 15 is 0 Å². The van der Waals surface area contributed by atoms with E-state index in [4.69, 9.17) is 5.73 Å². The Morgan fingerprint density at radius 2 is 1.87 bits per heavy atom. The van der Waals surface area contributed by atoms with E-state index in [0.717, 1.165) is 5.56 Å². The molecule has 1 aromatic carbocycles. The lowest BCUT2D eigenvalue weighted by Crippen LogP contribution is -2.01. The molecule has 0 amide bonds. The van der Waals surface area contributed by atoms with Crippen molar-refractivity contribution in [1.82, 2.24) is 10.2 Å². The van der Waals surface area contributed by atoms with E-state index in [-0.39, 0.29) is 17.0 Å². The summed E-state index contributed by atoms with van der Waals surface area (Å²) in [7, 11) is 0. The van der Waals surface area contributed by atoms with Crippen LogP contribution in [0.15, 0.2) is 29.1 Å². The van der Waals surface area contributed by atoms with Crippen molar-refractivity contribution in [3.05, 3.63) is 40.2 Å². The zero-order valence-corrected chi connectivity index (χ0v) is 7.95. The highest BCUT2D eigenvalue weighted by Crippen LogP contribution is 2.22. The molecule has 0 bridgehead atoms. The monoisotopic (exact) mass is 205 g/mol. The van der Waals surface area contributed by atoms with Gasteiger partial charge in [0, 0.05) is 6.54 Å². The number of aromatic amines is 2. The smallest absolute Gasteiger partial charge is 0.275 e. The Balaban J connectivity index is 2.50. The normalized spacial score (nSPS) is 10.5. The fraction of sp³-hybridized carbons (Fsp3) is 0.100. The third-order valence-electron chi connectivity index (χ3n) is 2.24. The second-order valence-corrected chi connectivity index (χ2v) is 3.20. The summed E-state index contributed by atoms with van der Waals surface area (Å²) in [6.07, 6.45) is 0. The zero-order valence-electron chi connectivity index (χ0n) is 7.95. The van der Waals surface area contributed by atoms with Crippen LogP contribution in [0.25, 0.3) is 11.1 Å². The molecule has 2 aromatic rings. The zero-order chi connectivity index (χ0) is 10.8. The van der Waals surface area contributed by atoms with Crippen molar-refractivity contribution in [1.29, 1.82) is 0 Å². The second kappa shape index (κ2) is 3.62. The van der Waals surface area contributed by atoms with Crippen LogP contribution >= 0.6 is 0 Å². The minimum absolute atomic E-state index is 0.152. The van der Waals surface area contributed by atoms with Crippen molar-refractivity contribution < 1.29 is 5.11 Å². The van der Waals surface area contributed by atoms with Gasteiger partial charge in [-0.15, -0.1) is 0 Å². The molecule has 0 atom stereocenters. The van der Waals surface area contributed by atoms with Gasteiger partial charge in [0.1, 0.15) is 5.56 Å². The van der Waals surface area contributed by atoms with Gasteiger partial charge in [0.2, 0.25) is 5.88 Å². The van der Waals surface area contributed by atoms with Crippen molar-refractivity contribution >= 4 is 0 Å². The Kier molecular flexibility index (Phi) is 2.31. The lowest BCUT2D eigenvalue weighted by atomic mass is 10.1. The molecule has 0 saturated heterocycles. The molecule has 1 aromatic heterocycles. The van der Waals surface area contributed by atoms with Crippen LogP contribution < -0.4 is 11.3 Å². The fourth-order valence-electron chi connectivity index (χ4n) is 1.42. The van der Waals surface area contributed by atoms with Gasteiger partial charge in [0.05, 0.1) is 0 Å². The van der Waals surface area contributed by atoms with Gasteiger partial charge >= 0.3 is 0 Å². The maximum atomic E-state index is 11.3. The van der Waals surface area contributed by atoms with E-state index in [2.05, 4.69) is 10.2 Å². The van der Waals surface area contributed by atoms with Crippen molar-refractivity contribution in [3.63, 3.8) is 0 Å². The molecular weight excluding hydrogens is 194 g/mol. The standard InChI is InChI=1S/C10H11N3O2/c11-5-6-1-3-7(4-2-6)8-9(14)12-13-10(8)15/h1-4H,5,11H2,(H3,12,13,14,15). The molecule has 15 heavy (non-hydrogen) atoms. The molecule has 0 unspecified atom stereocenters. The number of hydrogen-bond donors (Lipinski definition) is 4. The Bertz CT molecular complexity index is 510. The summed E-state index contributed by atoms with van der Waals surface area (Å²) >= 11 is 0. The van der Waals surface area contributed by atoms with E-state index in [1.54, 1.807) is 12.1 Å². The quantitative estimate of drug-likeness (QED) is 0.576. The van der Waals surface area contributed by atoms with E-state index in [0.29, 0.717) is 12.1 Å². The Labute approximate surface area is 85.5 Å². The third kappa shape index (κ3) is 1.64. The van der Waals surface area contributed by atoms with Gasteiger partial charge < -0.3 is 10.8 Å². The van der Waals surface area contributed by atoms with Crippen molar-refractivity contribution in [2.75, 3.05) is 0 Å². The molecule has 0 saturated carbocycles. The number of hydrogen-bond acceptors (Lipinski definition) is 3. The summed E-state index contributed by atoms with van der Waals surface area (Å²) < 4.78 is 0. The van der Waals surface area contributed by atoms with Crippen molar-refractivity contribution in [2.45, 2.75) is 6.54 Å². The largest absolute Gasteiger partial charge is 0.493 e. The first-order valence-electron chi connectivity index (χ1n) is 4.51. The molecule has 0 aliphatic heterocycles. The minimum Gasteiger partial charge on any atom is -0.493 e. The highest BCUT2D eigenvalue weighted by molar-refractivity contribution is 5.67. The lowest BCUT2D eigenvalue weighted by molar-refractivity contribution is 0.454. The van der Waals surface area contributed by atoms with E-state index in [1.165, 1.54) is 0 Å². The Hall–Kier alpha value is -2.01. The second-order valence-electron chi connectivity index (χ2n) is 3.20. The molecule has 0 radical (unpaired) electrons. The summed E-state index contributed by atoms with van der Waals surface area (Å²) in [5.74, 6) is -0.152. The molecule has 5 nitrogen and oxygen atoms in total. The summed E-state index contributed by atoms with van der Waals surface area (Å²) in [4.78, 5) is 11.3. The van der Waals surface area contributed by atoms with E-state index in [9.17, 15) is 9.90 Å². The average molecular weight is 205 g/mol. The predicted molar refractivity (Wildman–Crippen MR) is 56.4 cm³/mol. The fourth-order valence-corrected chi connectivity index (χ4v) is 1.42. The van der Waals surface area contributed by atoms with Crippen LogP contribution in [0.5, 0.6) is 5.88 Å². The van der Waals surface area contributed by atoms with Gasteiger partial charge in [0.15, 0.2) is 0 Å². The topological polar surface area (TPSA) is 94.9 Å². The molecule has 78 valence electrons. The van der Waals surface area contributed by atoms with Crippen molar-refractivity contribution in [3.8, 4) is 17.0 Å². The van der Waals surface area contributed by atoms with Gasteiger partial charge in [0.25, 0.3) is 5.56 Å². The van der Waals surface area contributed by atoms with Crippen LogP contribution in [-0.4, -0.2) is 15.3 Å². The van der Waals surface area contributed by atoms with Crippen LogP contribution in [0.3, 0.4) is 0 Å². The molecule has 0 fully saturated rings. The number of nitrogens with one attached hydrogen (secondary N) is 2. The van der Waals surface area contributed by atoms with Crippen LogP contribution in [0, 0.1) is 0 Å². The first-order valence-corrected chi connectivity index (χ1v) is 4.51. The SMILES string of the molecule is NCc1ccc(-c2c(O)[nH][nH]c2=O)cc1. The summed E-state index contributed by atoms with van der Waals surface area (Å²) in [5, 5.41) is 14.1. The first kappa shape index (κ1) is 9.54. The van der Waals surface area contributed by atoms with Gasteiger partial charge in [-0.25, -0.2) is 0 Å². The predicted octanol–water partition coefficient (Wildman–Crippen LogP) is 0.534. The number of rotatable bonds is 2. The van der Waals surface area contributed by atoms with Crippen molar-refractivity contribution in [2.24, 2.45) is 5.73 Å². The van der Waals surface area contributed by atoms with Crippen LogP contribution in [-0.2, 0) is 6.54 Å². The molecule has 2 rings (SSSR count). The van der Waals surface area contributed by atoms with Gasteiger partial charge in [-0.3, -0.25) is 15.0 Å². The minimum atomic E-state index is -0.340. The number of benzene rings is 1. The van der Waals surface area contributed by atoms with E-state index in [1.807, 2.05) is 12.1 Å². The van der Waals surface area contributed by atoms with Crippen LogP contribution in [0.2, 0.25) is 0 Å². The molecule has 0 aliphatic rings. The number of aromatic hydroxyl groups is 1. The van der Waals surface area contributed by atoms with Gasteiger partial charge in [-0.1, -0.05) is 24.3 Å². The van der Waals surface area contributed by atoms with E-state index < -0.39 is 0 Å². The van der Waals surface area contributed by atoms with Gasteiger partial charge in [-0.05, 0) is 11.1 Å². The highest BCUT2D eigenvalue weighted by Gasteiger charge is 2.10.